The second kappa shape index (κ2) is 8.09. The maximum atomic E-state index is 13.1. The van der Waals surface area contributed by atoms with Crippen molar-refractivity contribution >= 4 is 23.4 Å². The number of hydrogen-bond acceptors (Lipinski definition) is 5. The van der Waals surface area contributed by atoms with Gasteiger partial charge in [0.15, 0.2) is 11.5 Å². The molecular formula is C26H22N2O5. The van der Waals surface area contributed by atoms with Crippen LogP contribution in [0.4, 0.5) is 5.69 Å². The molecule has 7 nitrogen and oxygen atoms in total. The molecule has 0 radical (unpaired) electrons. The van der Waals surface area contributed by atoms with Gasteiger partial charge in [-0.1, -0.05) is 24.3 Å². The molecule has 0 unspecified atom stereocenters. The Bertz CT molecular complexity index is 1300. The van der Waals surface area contributed by atoms with Gasteiger partial charge in [0.05, 0.1) is 16.8 Å². The van der Waals surface area contributed by atoms with E-state index in [2.05, 4.69) is 0 Å². The summed E-state index contributed by atoms with van der Waals surface area (Å²) in [6.45, 7) is 3.22. The number of benzene rings is 3. The Labute approximate surface area is 191 Å². The van der Waals surface area contributed by atoms with Crippen molar-refractivity contribution in [3.8, 4) is 11.5 Å². The number of aryl methyl sites for hydroxylation is 1. The van der Waals surface area contributed by atoms with Crippen LogP contribution in [0.25, 0.3) is 0 Å². The number of amides is 3. The van der Waals surface area contributed by atoms with Gasteiger partial charge in [0.2, 0.25) is 0 Å². The number of carbonyl (C=O) groups is 3. The summed E-state index contributed by atoms with van der Waals surface area (Å²) in [7, 11) is 1.69. The number of nitrogens with zero attached hydrogens (tertiary/aromatic N) is 2. The summed E-state index contributed by atoms with van der Waals surface area (Å²) in [5.74, 6) is 0.306. The van der Waals surface area contributed by atoms with Crippen molar-refractivity contribution in [1.29, 1.82) is 0 Å². The standard InChI is InChI=1S/C26H22N2O5/c1-16-5-3-4-6-21(16)28-25(30)19-9-8-18(14-20(19)26(28)31)24(29)27(2)15-17-7-10-22-23(13-17)33-12-11-32-22/h3-10,13-14H,11-12,15H2,1-2H3. The minimum atomic E-state index is -0.423. The highest BCUT2D eigenvalue weighted by Crippen LogP contribution is 2.32. The van der Waals surface area contributed by atoms with Crippen LogP contribution in [0, 0.1) is 6.92 Å². The lowest BCUT2D eigenvalue weighted by Gasteiger charge is -2.21. The molecule has 3 amide bonds. The monoisotopic (exact) mass is 442 g/mol. The van der Waals surface area contributed by atoms with E-state index in [9.17, 15) is 14.4 Å². The second-order valence-electron chi connectivity index (χ2n) is 8.13. The molecule has 3 aromatic rings. The van der Waals surface area contributed by atoms with Crippen LogP contribution < -0.4 is 14.4 Å². The third-order valence-electron chi connectivity index (χ3n) is 5.86. The summed E-state index contributed by atoms with van der Waals surface area (Å²) in [5.41, 5.74) is 3.15. The van der Waals surface area contributed by atoms with E-state index in [4.69, 9.17) is 9.47 Å². The van der Waals surface area contributed by atoms with Gasteiger partial charge in [-0.25, -0.2) is 4.90 Å². The van der Waals surface area contributed by atoms with Gasteiger partial charge in [0.1, 0.15) is 13.2 Å². The molecule has 166 valence electrons. The first-order valence-corrected chi connectivity index (χ1v) is 10.7. The molecule has 0 fully saturated rings. The third kappa shape index (κ3) is 3.61. The summed E-state index contributed by atoms with van der Waals surface area (Å²) in [4.78, 5) is 41.8. The van der Waals surface area contributed by atoms with Gasteiger partial charge < -0.3 is 14.4 Å². The van der Waals surface area contributed by atoms with Crippen LogP contribution in [0.1, 0.15) is 42.2 Å². The van der Waals surface area contributed by atoms with Gasteiger partial charge in [0, 0.05) is 19.2 Å². The van der Waals surface area contributed by atoms with Gasteiger partial charge in [-0.3, -0.25) is 14.4 Å². The fraction of sp³-hybridized carbons (Fsp3) is 0.192. The van der Waals surface area contributed by atoms with Gasteiger partial charge in [-0.05, 0) is 54.4 Å². The molecule has 3 aromatic carbocycles. The zero-order chi connectivity index (χ0) is 23.1. The average molecular weight is 442 g/mol. The van der Waals surface area contributed by atoms with Crippen molar-refractivity contribution in [1.82, 2.24) is 4.90 Å². The first-order chi connectivity index (χ1) is 15.9. The van der Waals surface area contributed by atoms with Crippen molar-refractivity contribution < 1.29 is 23.9 Å². The minimum Gasteiger partial charge on any atom is -0.486 e. The highest BCUT2D eigenvalue weighted by molar-refractivity contribution is 6.35. The Morgan fingerprint density at radius 1 is 0.909 bits per heavy atom. The van der Waals surface area contributed by atoms with E-state index in [-0.39, 0.29) is 17.4 Å². The number of ether oxygens (including phenoxy) is 2. The van der Waals surface area contributed by atoms with Crippen molar-refractivity contribution in [3.05, 3.63) is 88.5 Å². The summed E-state index contributed by atoms with van der Waals surface area (Å²) < 4.78 is 11.2. The van der Waals surface area contributed by atoms with E-state index in [0.717, 1.165) is 11.1 Å². The second-order valence-corrected chi connectivity index (χ2v) is 8.13. The molecule has 7 heteroatoms. The third-order valence-corrected chi connectivity index (χ3v) is 5.86. The van der Waals surface area contributed by atoms with Crippen molar-refractivity contribution in [2.24, 2.45) is 0 Å². The van der Waals surface area contributed by atoms with Crippen LogP contribution in [0.3, 0.4) is 0 Å². The molecule has 33 heavy (non-hydrogen) atoms. The smallest absolute Gasteiger partial charge is 0.266 e. The van der Waals surface area contributed by atoms with E-state index in [1.54, 1.807) is 36.2 Å². The van der Waals surface area contributed by atoms with Crippen LogP contribution in [0.15, 0.2) is 60.7 Å². The average Bonchev–Trinajstić information content (AvgIpc) is 3.08. The molecule has 5 rings (SSSR count). The molecule has 2 heterocycles. The van der Waals surface area contributed by atoms with E-state index >= 15 is 0 Å². The molecule has 0 saturated heterocycles. The van der Waals surface area contributed by atoms with Gasteiger partial charge in [0.25, 0.3) is 17.7 Å². The first-order valence-electron chi connectivity index (χ1n) is 10.7. The van der Waals surface area contributed by atoms with Crippen molar-refractivity contribution in [2.45, 2.75) is 13.5 Å². The molecule has 0 aromatic heterocycles. The quantitative estimate of drug-likeness (QED) is 0.574. The maximum absolute atomic E-state index is 13.1. The normalized spacial score (nSPS) is 14.3. The topological polar surface area (TPSA) is 76.2 Å². The Morgan fingerprint density at radius 3 is 2.42 bits per heavy atom. The molecule has 0 atom stereocenters. The Balaban J connectivity index is 1.38. The highest BCUT2D eigenvalue weighted by Gasteiger charge is 2.37. The predicted molar refractivity (Wildman–Crippen MR) is 122 cm³/mol. The van der Waals surface area contributed by atoms with Crippen molar-refractivity contribution in [3.63, 3.8) is 0 Å². The molecule has 0 bridgehead atoms. The lowest BCUT2D eigenvalue weighted by Crippen LogP contribution is -2.30. The van der Waals surface area contributed by atoms with E-state index in [1.807, 2.05) is 37.3 Å². The SMILES string of the molecule is Cc1ccccc1N1C(=O)c2ccc(C(=O)N(C)Cc3ccc4c(c3)OCCO4)cc2C1=O. The van der Waals surface area contributed by atoms with Crippen LogP contribution in [0.2, 0.25) is 0 Å². The largest absolute Gasteiger partial charge is 0.486 e. The number of hydrogen-bond donors (Lipinski definition) is 0. The van der Waals surface area contributed by atoms with Crippen LogP contribution >= 0.6 is 0 Å². The Morgan fingerprint density at radius 2 is 1.64 bits per heavy atom. The number of para-hydroxylation sites is 1. The number of rotatable bonds is 4. The zero-order valence-electron chi connectivity index (χ0n) is 18.3. The van der Waals surface area contributed by atoms with Crippen LogP contribution in [-0.4, -0.2) is 42.9 Å². The molecular weight excluding hydrogens is 420 g/mol. The van der Waals surface area contributed by atoms with Crippen LogP contribution in [-0.2, 0) is 6.54 Å². The highest BCUT2D eigenvalue weighted by atomic mass is 16.6. The minimum absolute atomic E-state index is 0.238. The molecule has 0 aliphatic carbocycles. The maximum Gasteiger partial charge on any atom is 0.266 e. The number of carbonyl (C=O) groups excluding carboxylic acids is 3. The number of anilines is 1. The van der Waals surface area contributed by atoms with E-state index in [1.165, 1.54) is 11.0 Å². The fourth-order valence-electron chi connectivity index (χ4n) is 4.16. The molecule has 0 saturated carbocycles. The molecule has 0 spiro atoms. The summed E-state index contributed by atoms with van der Waals surface area (Å²) in [5, 5.41) is 0. The summed E-state index contributed by atoms with van der Waals surface area (Å²) in [6.07, 6.45) is 0. The first kappa shape index (κ1) is 20.8. The fourth-order valence-corrected chi connectivity index (χ4v) is 4.16. The van der Waals surface area contributed by atoms with E-state index in [0.29, 0.717) is 48.1 Å². The predicted octanol–water partition coefficient (Wildman–Crippen LogP) is 3.84. The Hall–Kier alpha value is -4.13. The van der Waals surface area contributed by atoms with Gasteiger partial charge >= 0.3 is 0 Å². The Kier molecular flexibility index (Phi) is 5.09. The van der Waals surface area contributed by atoms with Crippen molar-refractivity contribution in [2.75, 3.05) is 25.2 Å². The van der Waals surface area contributed by atoms with Crippen LogP contribution in [0.5, 0.6) is 11.5 Å². The number of imide groups is 1. The van der Waals surface area contributed by atoms with Gasteiger partial charge in [-0.15, -0.1) is 0 Å². The van der Waals surface area contributed by atoms with E-state index < -0.39 is 5.91 Å². The lowest BCUT2D eigenvalue weighted by molar-refractivity contribution is 0.0784. The summed E-state index contributed by atoms with van der Waals surface area (Å²) >= 11 is 0. The summed E-state index contributed by atoms with van der Waals surface area (Å²) in [6, 6.07) is 17.5. The zero-order valence-corrected chi connectivity index (χ0v) is 18.3. The number of fused-ring (bicyclic) bond motifs is 2. The van der Waals surface area contributed by atoms with Gasteiger partial charge in [-0.2, -0.15) is 0 Å². The molecule has 0 N–H and O–H groups in total. The molecule has 2 aliphatic rings. The lowest BCUT2D eigenvalue weighted by atomic mass is 10.0. The molecule has 2 aliphatic heterocycles.